The van der Waals surface area contributed by atoms with E-state index >= 15 is 0 Å². The van der Waals surface area contributed by atoms with Gasteiger partial charge in [-0.25, -0.2) is 8.42 Å². The van der Waals surface area contributed by atoms with Crippen LogP contribution >= 0.6 is 11.6 Å². The molecule has 1 heterocycles. The number of alkyl halides is 3. The normalized spacial score (nSPS) is 14.7. The molecule has 1 amide bonds. The maximum absolute atomic E-state index is 12.8. The van der Waals surface area contributed by atoms with Crippen LogP contribution < -0.4 is 15.4 Å². The van der Waals surface area contributed by atoms with Gasteiger partial charge in [0.2, 0.25) is 5.91 Å². The minimum Gasteiger partial charge on any atom is -0.406 e. The van der Waals surface area contributed by atoms with Crippen LogP contribution in [0.4, 0.5) is 13.2 Å². The summed E-state index contributed by atoms with van der Waals surface area (Å²) in [6.07, 6.45) is -2.04. The van der Waals surface area contributed by atoms with Gasteiger partial charge in [-0.15, -0.1) is 13.2 Å². The zero-order valence-electron chi connectivity index (χ0n) is 19.4. The molecule has 1 aromatic heterocycles. The number of halogens is 4. The summed E-state index contributed by atoms with van der Waals surface area (Å²) in [5.41, 5.74) is 1.05. The molecule has 37 heavy (non-hydrogen) atoms. The van der Waals surface area contributed by atoms with Gasteiger partial charge in [0, 0.05) is 29.9 Å². The lowest BCUT2D eigenvalue weighted by Gasteiger charge is -2.17. The van der Waals surface area contributed by atoms with Crippen LogP contribution in [0.5, 0.6) is 5.75 Å². The van der Waals surface area contributed by atoms with Gasteiger partial charge in [-0.05, 0) is 79.1 Å². The van der Waals surface area contributed by atoms with Crippen molar-refractivity contribution in [1.29, 1.82) is 0 Å². The fraction of sp³-hybridized carbons (Fsp3) is 0.280. The first-order chi connectivity index (χ1) is 17.5. The second-order valence-corrected chi connectivity index (χ2v) is 11.1. The largest absolute Gasteiger partial charge is 0.573 e. The molecule has 7 nitrogen and oxygen atoms in total. The number of hydrogen-bond acceptors (Lipinski definition) is 6. The lowest BCUT2D eigenvalue weighted by atomic mass is 10.1. The number of ether oxygens (including phenoxy) is 1. The van der Waals surface area contributed by atoms with E-state index in [4.69, 9.17) is 11.6 Å². The topological polar surface area (TPSA) is 97.4 Å². The van der Waals surface area contributed by atoms with Gasteiger partial charge in [-0.1, -0.05) is 11.6 Å². The Morgan fingerprint density at radius 1 is 1.05 bits per heavy atom. The van der Waals surface area contributed by atoms with E-state index in [2.05, 4.69) is 20.4 Å². The van der Waals surface area contributed by atoms with Crippen molar-refractivity contribution >= 4 is 27.3 Å². The van der Waals surface area contributed by atoms with Gasteiger partial charge in [-0.3, -0.25) is 9.78 Å². The van der Waals surface area contributed by atoms with Crippen LogP contribution in [0.2, 0.25) is 5.02 Å². The third-order valence-electron chi connectivity index (χ3n) is 5.85. The highest BCUT2D eigenvalue weighted by molar-refractivity contribution is 7.91. The number of carbonyl (C=O) groups is 1. The van der Waals surface area contributed by atoms with E-state index in [-0.39, 0.29) is 35.4 Å². The molecule has 0 spiro atoms. The number of nitrogens with one attached hydrogen (secondary N) is 2. The maximum Gasteiger partial charge on any atom is 0.573 e. The van der Waals surface area contributed by atoms with Crippen molar-refractivity contribution in [2.24, 2.45) is 0 Å². The number of benzene rings is 2. The molecule has 2 aromatic carbocycles. The van der Waals surface area contributed by atoms with E-state index in [1.54, 1.807) is 18.3 Å². The highest BCUT2D eigenvalue weighted by Crippen LogP contribution is 2.35. The monoisotopic (exact) mass is 553 g/mol. The molecule has 0 radical (unpaired) electrons. The first-order valence-corrected chi connectivity index (χ1v) is 13.3. The van der Waals surface area contributed by atoms with Crippen molar-refractivity contribution in [2.45, 2.75) is 36.2 Å². The zero-order valence-corrected chi connectivity index (χ0v) is 21.0. The Labute approximate surface area is 216 Å². The van der Waals surface area contributed by atoms with Crippen LogP contribution in [0.3, 0.4) is 0 Å². The van der Waals surface area contributed by atoms with Crippen LogP contribution in [-0.2, 0) is 21.2 Å². The Hall–Kier alpha value is -3.15. The fourth-order valence-electron chi connectivity index (χ4n) is 3.71. The summed E-state index contributed by atoms with van der Waals surface area (Å²) in [6.45, 7) is 0.321. The van der Waals surface area contributed by atoms with Gasteiger partial charge in [0.15, 0.2) is 9.84 Å². The summed E-state index contributed by atoms with van der Waals surface area (Å²) < 4.78 is 66.0. The van der Waals surface area contributed by atoms with E-state index in [1.165, 1.54) is 48.5 Å². The molecule has 0 atom stereocenters. The summed E-state index contributed by atoms with van der Waals surface area (Å²) in [7, 11) is -3.52. The molecule has 1 fully saturated rings. The first-order valence-electron chi connectivity index (χ1n) is 11.3. The summed E-state index contributed by atoms with van der Waals surface area (Å²) in [5.74, 6) is -0.726. The minimum absolute atomic E-state index is 0.117. The molecule has 0 bridgehead atoms. The van der Waals surface area contributed by atoms with Gasteiger partial charge in [0.1, 0.15) is 5.75 Å². The molecular weight excluding hydrogens is 531 g/mol. The molecule has 1 saturated carbocycles. The molecule has 12 heteroatoms. The molecule has 196 valence electrons. The number of sulfone groups is 1. The van der Waals surface area contributed by atoms with Crippen molar-refractivity contribution in [3.05, 3.63) is 77.4 Å². The second kappa shape index (κ2) is 10.7. The number of hydrogen-bond donors (Lipinski definition) is 2. The summed E-state index contributed by atoms with van der Waals surface area (Å²) in [5, 5.41) is 6.39. The second-order valence-electron chi connectivity index (χ2n) is 8.59. The van der Waals surface area contributed by atoms with E-state index in [0.717, 1.165) is 5.56 Å². The molecule has 4 rings (SSSR count). The van der Waals surface area contributed by atoms with E-state index in [0.29, 0.717) is 29.1 Å². The predicted octanol–water partition coefficient (Wildman–Crippen LogP) is 4.51. The number of pyridine rings is 1. The number of nitrogens with zero attached hydrogens (tertiary/aromatic N) is 1. The summed E-state index contributed by atoms with van der Waals surface area (Å²) in [4.78, 5) is 17.2. The minimum atomic E-state index is -4.77. The smallest absolute Gasteiger partial charge is 0.406 e. The number of amides is 1. The van der Waals surface area contributed by atoms with Crippen LogP contribution in [0.1, 0.15) is 18.4 Å². The van der Waals surface area contributed by atoms with E-state index in [1.807, 2.05) is 0 Å². The number of carbonyl (C=O) groups excluding carboxylic acids is 1. The molecule has 0 saturated heterocycles. The summed E-state index contributed by atoms with van der Waals surface area (Å²) >= 11 is 5.81. The highest BCUT2D eigenvalue weighted by atomic mass is 35.5. The van der Waals surface area contributed by atoms with Crippen molar-refractivity contribution in [3.63, 3.8) is 0 Å². The van der Waals surface area contributed by atoms with Gasteiger partial charge in [0.05, 0.1) is 21.9 Å². The van der Waals surface area contributed by atoms with Gasteiger partial charge < -0.3 is 15.4 Å². The van der Waals surface area contributed by atoms with E-state index in [9.17, 15) is 26.4 Å². The molecule has 1 aliphatic rings. The third kappa shape index (κ3) is 7.21. The fourth-order valence-corrected chi connectivity index (χ4v) is 5.00. The summed E-state index contributed by atoms with van der Waals surface area (Å²) in [6, 6.07) is 14.7. The Bertz CT molecular complexity index is 1360. The number of rotatable bonds is 10. The Balaban J connectivity index is 1.30. The van der Waals surface area contributed by atoms with Crippen molar-refractivity contribution < 1.29 is 31.1 Å². The number of aromatic nitrogens is 1. The zero-order chi connectivity index (χ0) is 26.7. The quantitative estimate of drug-likeness (QED) is 0.383. The standard InChI is InChI=1S/C25H23ClF3N3O4S/c26-19-3-7-21(8-4-19)37(34,35)14-13-32-24(10-11-24)23(33)31-16-17-9-12-30-22(15-17)18-1-5-20(6-2-18)36-25(27,28)29/h1-9,12,15,32H,10-11,13-14,16H2,(H,31,33). The van der Waals surface area contributed by atoms with Crippen molar-refractivity contribution in [3.8, 4) is 17.0 Å². The molecule has 2 N–H and O–H groups in total. The Morgan fingerprint density at radius 3 is 2.35 bits per heavy atom. The van der Waals surface area contributed by atoms with E-state index < -0.39 is 21.7 Å². The predicted molar refractivity (Wildman–Crippen MR) is 132 cm³/mol. The van der Waals surface area contributed by atoms with Crippen molar-refractivity contribution in [1.82, 2.24) is 15.6 Å². The van der Waals surface area contributed by atoms with Crippen LogP contribution in [0.25, 0.3) is 11.3 Å². The maximum atomic E-state index is 12.8. The van der Waals surface area contributed by atoms with Crippen LogP contribution in [0, 0.1) is 0 Å². The lowest BCUT2D eigenvalue weighted by molar-refractivity contribution is -0.274. The third-order valence-corrected chi connectivity index (χ3v) is 7.84. The van der Waals surface area contributed by atoms with Crippen molar-refractivity contribution in [2.75, 3.05) is 12.3 Å². The molecule has 3 aromatic rings. The van der Waals surface area contributed by atoms with Gasteiger partial charge in [-0.2, -0.15) is 0 Å². The highest BCUT2D eigenvalue weighted by Gasteiger charge is 2.49. The molecule has 0 aliphatic heterocycles. The van der Waals surface area contributed by atoms with Crippen LogP contribution in [0.15, 0.2) is 71.8 Å². The Kier molecular flexibility index (Phi) is 7.77. The molecular formula is C25H23ClF3N3O4S. The average Bonchev–Trinajstić information content (AvgIpc) is 3.63. The lowest BCUT2D eigenvalue weighted by Crippen LogP contribution is -2.47. The first kappa shape index (κ1) is 26.9. The average molecular weight is 554 g/mol. The molecule has 0 unspecified atom stereocenters. The van der Waals surface area contributed by atoms with Crippen LogP contribution in [-0.4, -0.2) is 43.5 Å². The van der Waals surface area contributed by atoms with Gasteiger partial charge in [0.25, 0.3) is 0 Å². The SMILES string of the molecule is O=C(NCc1ccnc(-c2ccc(OC(F)(F)F)cc2)c1)C1(NCCS(=O)(=O)c2ccc(Cl)cc2)CC1. The molecule has 1 aliphatic carbocycles. The van der Waals surface area contributed by atoms with Gasteiger partial charge >= 0.3 is 6.36 Å². The Morgan fingerprint density at radius 2 is 1.73 bits per heavy atom.